The van der Waals surface area contributed by atoms with Crippen LogP contribution in [-0.4, -0.2) is 77.4 Å². The number of hydrogen-bond acceptors (Lipinski definition) is 12. The predicted molar refractivity (Wildman–Crippen MR) is 559 cm³/mol. The van der Waals surface area contributed by atoms with Crippen LogP contribution in [0.3, 0.4) is 0 Å². The predicted octanol–water partition coefficient (Wildman–Crippen LogP) is 26.9. The van der Waals surface area contributed by atoms with Gasteiger partial charge in [0.1, 0.15) is 44.7 Å². The van der Waals surface area contributed by atoms with Gasteiger partial charge in [-0.05, 0) is 330 Å². The Morgan fingerprint density at radius 2 is 0.464 bits per heavy atom. The first-order chi connectivity index (χ1) is 69.4. The molecule has 648 valence electrons. The van der Waals surface area contributed by atoms with Crippen molar-refractivity contribution in [2.45, 2.75) is 51.4 Å². The third kappa shape index (κ3) is 10.1. The fourth-order valence-corrected chi connectivity index (χ4v) is 26.2. The third-order valence-corrected chi connectivity index (χ3v) is 32.0. The van der Waals surface area contributed by atoms with Gasteiger partial charge in [0.05, 0.1) is 46.9 Å². The Hall–Kier alpha value is -18.3. The Balaban J connectivity index is 0.0000000829. The molecule has 140 heavy (non-hydrogen) atoms. The zero-order valence-electron chi connectivity index (χ0n) is 75.1. The number of benzene rings is 12. The molecule has 12 aromatic carbocycles. The molecular weight excluding hydrogens is 1710 g/mol. The molecule has 0 atom stereocenters. The summed E-state index contributed by atoms with van der Waals surface area (Å²) < 4.78 is 8.79. The van der Waals surface area contributed by atoms with Gasteiger partial charge >= 0.3 is 0 Å². The summed E-state index contributed by atoms with van der Waals surface area (Å²) in [6.07, 6.45) is 30.4. The number of fused-ring (bicyclic) bond motifs is 63. The standard InChI is InChI=1S/4C31H18N4/c1-2-5-19-17(4-1)14-24-20(19)8-7-18-15-25-23(28(18)24)10-9-22-21-11-13-32-16-27(21)35-30-26(6-3-12-33-30)34-31(35)29(22)25;1-2-5-20-17(4-1)14-18-7-8-19-15-24-23(28(19)27(18)20)10-9-22-21-11-13-32-16-26(21)35-30-25(6-3-12-33-30)34-31(35)29(22)24;1-2-5-18-17(4-1)14-24-19(18)7-8-20-21-9-10-23-22-11-13-32-16-28(22)35-30-27(6-3-12-33-30)34-31(35)29(23)26(21)15-25(20)24;1-2-5-20-17(4-1)12-18-13-19-14-26-21(25(19)15-24(18)20)7-8-23-22-9-11-32-16-28(22)35-30-27(6-3-10-33-30)34-31(35)29(23)26/h3*1-13,16H,14-15H2;1-11,13,15-16H,12,14H2. The lowest BCUT2D eigenvalue weighted by atomic mass is 9.92. The lowest BCUT2D eigenvalue weighted by molar-refractivity contribution is 1.17. The molecule has 16 heteroatoms. The number of rotatable bonds is 0. The first kappa shape index (κ1) is 75.1. The summed E-state index contributed by atoms with van der Waals surface area (Å²) in [6, 6.07) is 97.2. The lowest BCUT2D eigenvalue weighted by Crippen LogP contribution is -1.96. The number of pyridine rings is 12. The van der Waals surface area contributed by atoms with Crippen molar-refractivity contribution in [3.63, 3.8) is 0 Å². The zero-order chi connectivity index (χ0) is 90.7. The van der Waals surface area contributed by atoms with Gasteiger partial charge in [0.2, 0.25) is 0 Å². The summed E-state index contributed by atoms with van der Waals surface area (Å²) in [4.78, 5) is 57.0. The molecule has 0 saturated carbocycles. The van der Waals surface area contributed by atoms with E-state index in [-0.39, 0.29) is 0 Å². The first-order valence-electron chi connectivity index (χ1n) is 48.2. The molecule has 28 aromatic rings. The van der Waals surface area contributed by atoms with Crippen molar-refractivity contribution in [1.29, 1.82) is 0 Å². The average molecular weight is 1790 g/mol. The Kier molecular flexibility index (Phi) is 14.9. The number of imidazole rings is 4. The summed E-state index contributed by atoms with van der Waals surface area (Å²) in [5.41, 5.74) is 60.1. The van der Waals surface area contributed by atoms with Crippen molar-refractivity contribution in [2.75, 3.05) is 0 Å². The van der Waals surface area contributed by atoms with E-state index in [1.54, 1.807) is 0 Å². The van der Waals surface area contributed by atoms with E-state index in [0.29, 0.717) is 0 Å². The lowest BCUT2D eigenvalue weighted by Gasteiger charge is -2.13. The van der Waals surface area contributed by atoms with Crippen molar-refractivity contribution in [1.82, 2.24) is 77.4 Å². The van der Waals surface area contributed by atoms with Gasteiger partial charge in [0.15, 0.2) is 22.6 Å². The van der Waals surface area contributed by atoms with Crippen LogP contribution in [0.4, 0.5) is 0 Å². The molecule has 16 heterocycles. The van der Waals surface area contributed by atoms with E-state index in [4.69, 9.17) is 39.9 Å². The van der Waals surface area contributed by atoms with E-state index < -0.39 is 0 Å². The van der Waals surface area contributed by atoms with Crippen molar-refractivity contribution >= 4 is 154 Å². The molecule has 0 radical (unpaired) electrons. The van der Waals surface area contributed by atoms with E-state index in [1.807, 2.05) is 123 Å². The van der Waals surface area contributed by atoms with Crippen LogP contribution in [0.5, 0.6) is 0 Å². The van der Waals surface area contributed by atoms with Crippen molar-refractivity contribution in [2.24, 2.45) is 0 Å². The van der Waals surface area contributed by atoms with Gasteiger partial charge in [-0.25, -0.2) is 39.9 Å². The molecule has 0 amide bonds. The molecule has 0 saturated heterocycles. The molecule has 16 aromatic heterocycles. The van der Waals surface area contributed by atoms with Gasteiger partial charge in [-0.15, -0.1) is 0 Å². The van der Waals surface area contributed by atoms with Crippen molar-refractivity contribution in [3.8, 4) is 89.0 Å². The van der Waals surface area contributed by atoms with E-state index in [0.717, 1.165) is 141 Å². The fraction of sp³-hybridized carbons (Fsp3) is 0.0645. The molecule has 0 N–H and O–H groups in total. The average Bonchev–Trinajstić information content (AvgIpc) is 1.55. The second-order valence-electron chi connectivity index (χ2n) is 38.7. The molecule has 0 spiro atoms. The van der Waals surface area contributed by atoms with Gasteiger partial charge in [0.25, 0.3) is 0 Å². The van der Waals surface area contributed by atoms with Crippen LogP contribution in [-0.2, 0) is 51.4 Å². The fourth-order valence-electron chi connectivity index (χ4n) is 26.2. The molecule has 0 bridgehead atoms. The van der Waals surface area contributed by atoms with Crippen molar-refractivity contribution in [3.05, 3.63) is 430 Å². The van der Waals surface area contributed by atoms with E-state index in [9.17, 15) is 0 Å². The smallest absolute Gasteiger partial charge is 0.165 e. The molecule has 0 aliphatic heterocycles. The minimum Gasteiger partial charge on any atom is -0.274 e. The molecule has 36 rings (SSSR count). The monoisotopic (exact) mass is 1780 g/mol. The minimum absolute atomic E-state index is 0.880. The van der Waals surface area contributed by atoms with Gasteiger partial charge in [0, 0.05) is 92.7 Å². The van der Waals surface area contributed by atoms with E-state index in [1.165, 1.54) is 243 Å². The highest BCUT2D eigenvalue weighted by Gasteiger charge is 2.37. The topological polar surface area (TPSA) is 172 Å². The molecule has 0 unspecified atom stereocenters. The first-order valence-corrected chi connectivity index (χ1v) is 48.2. The second-order valence-corrected chi connectivity index (χ2v) is 38.7. The highest BCUT2D eigenvalue weighted by Crippen LogP contribution is 2.57. The highest BCUT2D eigenvalue weighted by molar-refractivity contribution is 6.22. The quantitative estimate of drug-likeness (QED) is 0.132. The highest BCUT2D eigenvalue weighted by atomic mass is 15.1. The molecule has 8 aliphatic rings. The third-order valence-electron chi connectivity index (χ3n) is 32.0. The Bertz CT molecular complexity index is 10700. The SMILES string of the molecule is c1ccc2c(c1)Cc1c-2ccc2c1-c1ccc3c4ccncc4n4c5ncccc5nc4c3c1C2.c1ccc2c(c1)Cc1c-2ccc2c1Cc1c-2ccc2c3ccncc3n3c4ncccc4nc3c12.c1ccc2c(c1)Cc1cc3c(cc1-2)-c1ccc2c4ccncc4n4c5ncccc5nc4c2c1C3.c1ccc2c(c1)Cc1ccc3c(c1-2)-c1ccc2c4ccncc4n4c5ncccc5nc4c2c1C3. The Morgan fingerprint density at radius 1 is 0.171 bits per heavy atom. The zero-order valence-corrected chi connectivity index (χ0v) is 75.1. The largest absolute Gasteiger partial charge is 0.274 e. The summed E-state index contributed by atoms with van der Waals surface area (Å²) in [7, 11) is 0. The Morgan fingerprint density at radius 3 is 0.943 bits per heavy atom. The maximum absolute atomic E-state index is 5.11. The summed E-state index contributed by atoms with van der Waals surface area (Å²) in [6.45, 7) is 0. The van der Waals surface area contributed by atoms with Crippen LogP contribution in [0.2, 0.25) is 0 Å². The van der Waals surface area contributed by atoms with Crippen molar-refractivity contribution < 1.29 is 0 Å². The summed E-state index contributed by atoms with van der Waals surface area (Å²) >= 11 is 0. The van der Waals surface area contributed by atoms with Crippen LogP contribution in [0.15, 0.2) is 341 Å². The molecule has 0 fully saturated rings. The van der Waals surface area contributed by atoms with Crippen LogP contribution in [0.25, 0.3) is 243 Å². The maximum atomic E-state index is 5.11. The molecule has 8 aliphatic carbocycles. The van der Waals surface area contributed by atoms with Gasteiger partial charge in [-0.1, -0.05) is 188 Å². The van der Waals surface area contributed by atoms with Crippen LogP contribution in [0.1, 0.15) is 89.0 Å². The van der Waals surface area contributed by atoms with Crippen LogP contribution in [0, 0.1) is 0 Å². The Labute approximate surface area is 796 Å². The molecule has 16 nitrogen and oxygen atoms in total. The van der Waals surface area contributed by atoms with E-state index in [2.05, 4.69) is 256 Å². The van der Waals surface area contributed by atoms with Crippen LogP contribution < -0.4 is 0 Å². The number of hydrogen-bond donors (Lipinski definition) is 0. The van der Waals surface area contributed by atoms with E-state index >= 15 is 0 Å². The number of aromatic nitrogens is 16. The summed E-state index contributed by atoms with van der Waals surface area (Å²) in [5, 5.41) is 14.6. The minimum atomic E-state index is 0.880. The maximum Gasteiger partial charge on any atom is 0.165 e. The summed E-state index contributed by atoms with van der Waals surface area (Å²) in [5.74, 6) is 0. The molecular formula is C124H72N16. The van der Waals surface area contributed by atoms with Gasteiger partial charge in [-0.3, -0.25) is 37.5 Å². The van der Waals surface area contributed by atoms with Gasteiger partial charge < -0.3 is 0 Å². The second kappa shape index (κ2) is 27.7. The van der Waals surface area contributed by atoms with Gasteiger partial charge in [-0.2, -0.15) is 0 Å². The normalized spacial score (nSPS) is 13.5. The number of nitrogens with zero attached hydrogens (tertiary/aromatic N) is 16. The van der Waals surface area contributed by atoms with Crippen LogP contribution >= 0.6 is 0 Å².